The van der Waals surface area contributed by atoms with Gasteiger partial charge < -0.3 is 10.5 Å². The van der Waals surface area contributed by atoms with Crippen LogP contribution in [-0.2, 0) is 18.0 Å². The number of fused-ring (bicyclic) bond motifs is 1. The molecule has 0 aliphatic carbocycles. The highest BCUT2D eigenvalue weighted by atomic mass is 79.9. The van der Waals surface area contributed by atoms with E-state index in [4.69, 9.17) is 10.5 Å². The predicted molar refractivity (Wildman–Crippen MR) is 42.6 cm³/mol. The fraction of sp³-hybridized carbons (Fsp3) is 0.333. The van der Waals surface area contributed by atoms with Crippen molar-refractivity contribution in [3.8, 4) is 0 Å². The molecule has 1 aromatic heterocycles. The summed E-state index contributed by atoms with van der Waals surface area (Å²) in [6, 6.07) is 0. The van der Waals surface area contributed by atoms with Crippen LogP contribution in [0.5, 0.6) is 0 Å². The molecule has 0 radical (unpaired) electrons. The van der Waals surface area contributed by atoms with Crippen molar-refractivity contribution in [2.24, 2.45) is 0 Å². The van der Waals surface area contributed by atoms with Crippen LogP contribution in [0.15, 0.2) is 4.73 Å². The molecular formula is C6H6BrN3O. The summed E-state index contributed by atoms with van der Waals surface area (Å²) in [5.41, 5.74) is 7.43. The van der Waals surface area contributed by atoms with Gasteiger partial charge in [-0.25, -0.2) is 9.97 Å². The lowest BCUT2D eigenvalue weighted by Crippen LogP contribution is -2.00. The summed E-state index contributed by atoms with van der Waals surface area (Å²) in [4.78, 5) is 8.06. The second-order valence-corrected chi connectivity index (χ2v) is 3.01. The summed E-state index contributed by atoms with van der Waals surface area (Å²) in [5, 5.41) is 0. The van der Waals surface area contributed by atoms with Crippen LogP contribution in [0.2, 0.25) is 0 Å². The largest absolute Gasteiger partial charge is 0.383 e. The van der Waals surface area contributed by atoms with Crippen molar-refractivity contribution in [3.63, 3.8) is 0 Å². The minimum Gasteiger partial charge on any atom is -0.383 e. The van der Waals surface area contributed by atoms with Crippen molar-refractivity contribution in [1.29, 1.82) is 0 Å². The lowest BCUT2D eigenvalue weighted by atomic mass is 10.2. The minimum atomic E-state index is 0.513. The fourth-order valence-corrected chi connectivity index (χ4v) is 1.45. The smallest absolute Gasteiger partial charge is 0.198 e. The average molecular weight is 216 g/mol. The summed E-state index contributed by atoms with van der Waals surface area (Å²) in [6.07, 6.45) is 0. The molecule has 5 heteroatoms. The van der Waals surface area contributed by atoms with Gasteiger partial charge in [-0.2, -0.15) is 0 Å². The Morgan fingerprint density at radius 1 is 1.36 bits per heavy atom. The first-order chi connectivity index (χ1) is 5.27. The molecular weight excluding hydrogens is 210 g/mol. The van der Waals surface area contributed by atoms with Crippen LogP contribution in [0.4, 0.5) is 5.82 Å². The van der Waals surface area contributed by atoms with Gasteiger partial charge in [-0.15, -0.1) is 0 Å². The molecule has 1 aliphatic rings. The van der Waals surface area contributed by atoms with Crippen molar-refractivity contribution in [2.45, 2.75) is 13.2 Å². The maximum absolute atomic E-state index is 5.61. The number of anilines is 1. The molecule has 1 aromatic rings. The van der Waals surface area contributed by atoms with Crippen molar-refractivity contribution < 1.29 is 4.74 Å². The highest BCUT2D eigenvalue weighted by Gasteiger charge is 2.17. The summed E-state index contributed by atoms with van der Waals surface area (Å²) < 4.78 is 5.67. The zero-order valence-electron chi connectivity index (χ0n) is 5.67. The molecule has 2 rings (SSSR count). The Morgan fingerprint density at radius 2 is 2.18 bits per heavy atom. The van der Waals surface area contributed by atoms with E-state index in [9.17, 15) is 0 Å². The number of rotatable bonds is 0. The SMILES string of the molecule is Nc1nc(Br)nc2c1COC2. The quantitative estimate of drug-likeness (QED) is 0.653. The van der Waals surface area contributed by atoms with E-state index in [2.05, 4.69) is 25.9 Å². The number of nitrogens with zero attached hydrogens (tertiary/aromatic N) is 2. The van der Waals surface area contributed by atoms with Crippen LogP contribution in [0.1, 0.15) is 11.3 Å². The maximum atomic E-state index is 5.61. The molecule has 0 aromatic carbocycles. The summed E-state index contributed by atoms with van der Waals surface area (Å²) in [5.74, 6) is 0.513. The lowest BCUT2D eigenvalue weighted by Gasteiger charge is -1.99. The van der Waals surface area contributed by atoms with E-state index in [1.54, 1.807) is 0 Å². The number of nitrogen functional groups attached to an aromatic ring is 1. The van der Waals surface area contributed by atoms with Gasteiger partial charge in [0.25, 0.3) is 0 Å². The lowest BCUT2D eigenvalue weighted by molar-refractivity contribution is 0.133. The number of ether oxygens (including phenoxy) is 1. The number of halogens is 1. The van der Waals surface area contributed by atoms with E-state index in [1.165, 1.54) is 0 Å². The fourth-order valence-electron chi connectivity index (χ4n) is 1.04. The third-order valence-electron chi connectivity index (χ3n) is 1.58. The van der Waals surface area contributed by atoms with E-state index in [0.29, 0.717) is 23.8 Å². The number of nitrogens with two attached hydrogens (primary N) is 1. The van der Waals surface area contributed by atoms with Gasteiger partial charge >= 0.3 is 0 Å². The van der Waals surface area contributed by atoms with E-state index < -0.39 is 0 Å². The second-order valence-electron chi connectivity index (χ2n) is 2.30. The van der Waals surface area contributed by atoms with Crippen LogP contribution in [0.3, 0.4) is 0 Å². The highest BCUT2D eigenvalue weighted by Crippen LogP contribution is 2.23. The van der Waals surface area contributed by atoms with E-state index in [1.807, 2.05) is 0 Å². The third kappa shape index (κ3) is 1.10. The predicted octanol–water partition coefficient (Wildman–Crippen LogP) is 0.851. The van der Waals surface area contributed by atoms with Crippen LogP contribution >= 0.6 is 15.9 Å². The summed E-state index contributed by atoms with van der Waals surface area (Å²) >= 11 is 3.16. The van der Waals surface area contributed by atoms with Gasteiger partial charge in [0.1, 0.15) is 5.82 Å². The molecule has 4 nitrogen and oxygen atoms in total. The molecule has 1 aliphatic heterocycles. The van der Waals surface area contributed by atoms with Gasteiger partial charge in [-0.3, -0.25) is 0 Å². The minimum absolute atomic E-state index is 0.513. The first kappa shape index (κ1) is 7.00. The molecule has 0 atom stereocenters. The van der Waals surface area contributed by atoms with Crippen molar-refractivity contribution in [1.82, 2.24) is 9.97 Å². The van der Waals surface area contributed by atoms with Gasteiger partial charge in [0.15, 0.2) is 4.73 Å². The highest BCUT2D eigenvalue weighted by molar-refractivity contribution is 9.10. The van der Waals surface area contributed by atoms with Crippen LogP contribution in [-0.4, -0.2) is 9.97 Å². The van der Waals surface area contributed by atoms with Gasteiger partial charge in [0, 0.05) is 5.56 Å². The summed E-state index contributed by atoms with van der Waals surface area (Å²) in [6.45, 7) is 1.08. The molecule has 0 saturated carbocycles. The topological polar surface area (TPSA) is 61.0 Å². The van der Waals surface area contributed by atoms with Crippen molar-refractivity contribution >= 4 is 21.7 Å². The van der Waals surface area contributed by atoms with Crippen molar-refractivity contribution in [2.75, 3.05) is 5.73 Å². The first-order valence-electron chi connectivity index (χ1n) is 3.16. The molecule has 0 saturated heterocycles. The van der Waals surface area contributed by atoms with Gasteiger partial charge in [0.2, 0.25) is 0 Å². The Kier molecular flexibility index (Phi) is 1.54. The molecule has 58 valence electrons. The Bertz CT molecular complexity index is 302. The van der Waals surface area contributed by atoms with Crippen molar-refractivity contribution in [3.05, 3.63) is 16.0 Å². The molecule has 0 spiro atoms. The summed E-state index contributed by atoms with van der Waals surface area (Å²) in [7, 11) is 0. The van der Waals surface area contributed by atoms with Gasteiger partial charge in [0.05, 0.1) is 18.9 Å². The van der Waals surface area contributed by atoms with Crippen LogP contribution in [0.25, 0.3) is 0 Å². The third-order valence-corrected chi connectivity index (χ3v) is 1.94. The van der Waals surface area contributed by atoms with E-state index >= 15 is 0 Å². The van der Waals surface area contributed by atoms with Gasteiger partial charge in [-0.05, 0) is 15.9 Å². The second kappa shape index (κ2) is 2.42. The Hall–Kier alpha value is -0.680. The molecule has 11 heavy (non-hydrogen) atoms. The molecule has 2 N–H and O–H groups in total. The Morgan fingerprint density at radius 3 is 3.00 bits per heavy atom. The number of hydrogen-bond donors (Lipinski definition) is 1. The molecule has 2 heterocycles. The van der Waals surface area contributed by atoms with E-state index in [0.717, 1.165) is 11.3 Å². The average Bonchev–Trinajstić information content (AvgIpc) is 2.34. The van der Waals surface area contributed by atoms with E-state index in [-0.39, 0.29) is 0 Å². The monoisotopic (exact) mass is 215 g/mol. The standard InChI is InChI=1S/C6H6BrN3O/c7-6-9-4-2-11-1-3(4)5(8)10-6/h1-2H2,(H2,8,9,10). The number of hydrogen-bond acceptors (Lipinski definition) is 4. The van der Waals surface area contributed by atoms with Gasteiger partial charge in [-0.1, -0.05) is 0 Å². The zero-order chi connectivity index (χ0) is 7.84. The Balaban J connectivity index is 2.60. The maximum Gasteiger partial charge on any atom is 0.198 e. The van der Waals surface area contributed by atoms with Crippen LogP contribution in [0, 0.1) is 0 Å². The molecule has 0 unspecified atom stereocenters. The molecule has 0 amide bonds. The number of aromatic nitrogens is 2. The molecule has 0 fully saturated rings. The first-order valence-corrected chi connectivity index (χ1v) is 3.95. The normalized spacial score (nSPS) is 15.0. The zero-order valence-corrected chi connectivity index (χ0v) is 7.26. The van der Waals surface area contributed by atoms with Crippen LogP contribution < -0.4 is 5.73 Å². The molecule has 0 bridgehead atoms. The Labute approximate surface area is 71.9 Å².